The van der Waals surface area contributed by atoms with Crippen LogP contribution in [0.4, 0.5) is 5.69 Å². The van der Waals surface area contributed by atoms with Gasteiger partial charge in [0, 0.05) is 24.5 Å². The number of carbonyl (C=O) groups excluding carboxylic acids is 1. The monoisotopic (exact) mass is 339 g/mol. The maximum atomic E-state index is 11.2. The normalized spacial score (nSPS) is 9.88. The molecule has 1 amide bonds. The fourth-order valence-corrected chi connectivity index (χ4v) is 2.12. The van der Waals surface area contributed by atoms with Gasteiger partial charge in [-0.05, 0) is 24.3 Å². The first kappa shape index (κ1) is 18.1. The van der Waals surface area contributed by atoms with E-state index in [9.17, 15) is 4.79 Å². The van der Waals surface area contributed by atoms with Crippen LogP contribution in [0.3, 0.4) is 0 Å². The minimum Gasteiger partial charge on any atom is -0.378 e. The molecule has 0 saturated heterocycles. The molecule has 0 radical (unpaired) electrons. The second-order valence-electron chi connectivity index (χ2n) is 4.89. The van der Waals surface area contributed by atoms with Gasteiger partial charge < -0.3 is 15.6 Å². The average molecular weight is 339 g/mol. The van der Waals surface area contributed by atoms with Crippen molar-refractivity contribution >= 4 is 11.6 Å². The number of nitrogens with zero attached hydrogens (tertiary/aromatic N) is 5. The summed E-state index contributed by atoms with van der Waals surface area (Å²) in [6.07, 6.45) is 3.13. The Balaban J connectivity index is 0.00000109. The van der Waals surface area contributed by atoms with E-state index in [1.165, 1.54) is 6.33 Å². The molecule has 25 heavy (non-hydrogen) atoms. The van der Waals surface area contributed by atoms with Crippen LogP contribution in [0.2, 0.25) is 0 Å². The number of aromatic nitrogens is 5. The van der Waals surface area contributed by atoms with Crippen molar-refractivity contribution in [3.63, 3.8) is 0 Å². The number of nitrogens with one attached hydrogen (secondary N) is 1. The van der Waals surface area contributed by atoms with Gasteiger partial charge >= 0.3 is 0 Å². The number of amides is 1. The highest BCUT2D eigenvalue weighted by Crippen LogP contribution is 2.15. The number of primary amides is 1. The van der Waals surface area contributed by atoms with Crippen molar-refractivity contribution in [3.8, 4) is 11.5 Å². The number of anilines is 1. The van der Waals surface area contributed by atoms with E-state index in [1.54, 1.807) is 30.5 Å². The smallest absolute Gasteiger partial charge is 0.248 e. The standard InChI is InChI=1S/C15H15N7O.C2H6/c1-22-13(20-21-15(22)12-5-6-17-9-19-12)8-18-11-4-2-3-10(7-11)14(16)23;1-2/h2-7,9,18H,8H2,1H3,(H2,16,23);1-2H3. The van der Waals surface area contributed by atoms with Crippen LogP contribution in [-0.2, 0) is 13.6 Å². The summed E-state index contributed by atoms with van der Waals surface area (Å²) < 4.78 is 1.85. The highest BCUT2D eigenvalue weighted by atomic mass is 16.1. The fourth-order valence-electron chi connectivity index (χ4n) is 2.12. The molecule has 0 aliphatic carbocycles. The summed E-state index contributed by atoms with van der Waals surface area (Å²) in [7, 11) is 1.87. The summed E-state index contributed by atoms with van der Waals surface area (Å²) in [5, 5.41) is 11.5. The molecule has 1 aromatic carbocycles. The van der Waals surface area contributed by atoms with Crippen molar-refractivity contribution in [2.45, 2.75) is 20.4 Å². The van der Waals surface area contributed by atoms with E-state index in [0.29, 0.717) is 23.6 Å². The molecule has 0 fully saturated rings. The molecule has 8 nitrogen and oxygen atoms in total. The Kier molecular flexibility index (Phi) is 6.16. The van der Waals surface area contributed by atoms with Gasteiger partial charge in [-0.15, -0.1) is 10.2 Å². The third-order valence-corrected chi connectivity index (χ3v) is 3.37. The molecule has 0 aliphatic heterocycles. The van der Waals surface area contributed by atoms with Crippen molar-refractivity contribution in [2.75, 3.05) is 5.32 Å². The summed E-state index contributed by atoms with van der Waals surface area (Å²) >= 11 is 0. The van der Waals surface area contributed by atoms with Crippen molar-refractivity contribution < 1.29 is 4.79 Å². The average Bonchev–Trinajstić information content (AvgIpc) is 3.03. The Morgan fingerprint density at radius 3 is 2.72 bits per heavy atom. The van der Waals surface area contributed by atoms with Crippen LogP contribution in [-0.4, -0.2) is 30.6 Å². The molecule has 2 heterocycles. The largest absolute Gasteiger partial charge is 0.378 e. The zero-order chi connectivity index (χ0) is 18.2. The number of nitrogens with two attached hydrogens (primary N) is 1. The first-order chi connectivity index (χ1) is 12.1. The summed E-state index contributed by atoms with van der Waals surface area (Å²) in [6.45, 7) is 4.46. The third-order valence-electron chi connectivity index (χ3n) is 3.37. The number of hydrogen-bond acceptors (Lipinski definition) is 6. The molecule has 0 aliphatic rings. The molecule has 3 aromatic rings. The molecule has 0 unspecified atom stereocenters. The summed E-state index contributed by atoms with van der Waals surface area (Å²) in [6, 6.07) is 8.77. The van der Waals surface area contributed by atoms with E-state index in [4.69, 9.17) is 5.73 Å². The van der Waals surface area contributed by atoms with Crippen LogP contribution in [0.1, 0.15) is 30.0 Å². The SMILES string of the molecule is CC.Cn1c(CNc2cccc(C(N)=O)c2)nnc1-c1ccncn1. The fraction of sp³-hybridized carbons (Fsp3) is 0.235. The van der Waals surface area contributed by atoms with Crippen molar-refractivity contribution in [2.24, 2.45) is 12.8 Å². The van der Waals surface area contributed by atoms with E-state index < -0.39 is 5.91 Å². The lowest BCUT2D eigenvalue weighted by atomic mass is 10.2. The topological polar surface area (TPSA) is 112 Å². The van der Waals surface area contributed by atoms with Crippen LogP contribution in [0.15, 0.2) is 42.9 Å². The molecule has 3 rings (SSSR count). The third kappa shape index (κ3) is 4.37. The van der Waals surface area contributed by atoms with E-state index >= 15 is 0 Å². The predicted molar refractivity (Wildman–Crippen MR) is 95.7 cm³/mol. The van der Waals surface area contributed by atoms with Crippen molar-refractivity contribution in [1.82, 2.24) is 24.7 Å². The van der Waals surface area contributed by atoms with Gasteiger partial charge in [-0.1, -0.05) is 19.9 Å². The van der Waals surface area contributed by atoms with Crippen LogP contribution in [0.5, 0.6) is 0 Å². The van der Waals surface area contributed by atoms with Crippen LogP contribution < -0.4 is 11.1 Å². The minimum absolute atomic E-state index is 0.453. The van der Waals surface area contributed by atoms with Gasteiger partial charge in [-0.3, -0.25) is 4.79 Å². The number of rotatable bonds is 5. The maximum Gasteiger partial charge on any atom is 0.248 e. The lowest BCUT2D eigenvalue weighted by Gasteiger charge is -2.07. The number of hydrogen-bond donors (Lipinski definition) is 2. The van der Waals surface area contributed by atoms with Gasteiger partial charge in [-0.2, -0.15) is 0 Å². The predicted octanol–water partition coefficient (Wildman–Crippen LogP) is 2.01. The first-order valence-electron chi connectivity index (χ1n) is 7.93. The molecular formula is C17H21N7O. The Hall–Kier alpha value is -3.29. The van der Waals surface area contributed by atoms with Gasteiger partial charge in [0.15, 0.2) is 11.6 Å². The molecule has 0 saturated carbocycles. The second kappa shape index (κ2) is 8.53. The minimum atomic E-state index is -0.460. The van der Waals surface area contributed by atoms with E-state index in [2.05, 4.69) is 25.5 Å². The number of carbonyl (C=O) groups is 1. The zero-order valence-corrected chi connectivity index (χ0v) is 14.5. The number of benzene rings is 1. The molecule has 0 bridgehead atoms. The summed E-state index contributed by atoms with van der Waals surface area (Å²) in [4.78, 5) is 19.3. The van der Waals surface area contributed by atoms with Crippen molar-refractivity contribution in [1.29, 1.82) is 0 Å². The highest BCUT2D eigenvalue weighted by molar-refractivity contribution is 5.93. The van der Waals surface area contributed by atoms with Crippen LogP contribution >= 0.6 is 0 Å². The Morgan fingerprint density at radius 1 is 1.24 bits per heavy atom. The van der Waals surface area contributed by atoms with E-state index in [0.717, 1.165) is 11.5 Å². The molecule has 3 N–H and O–H groups in total. The van der Waals surface area contributed by atoms with Gasteiger partial charge in [0.1, 0.15) is 12.0 Å². The molecule has 2 aromatic heterocycles. The van der Waals surface area contributed by atoms with Crippen LogP contribution in [0, 0.1) is 0 Å². The maximum absolute atomic E-state index is 11.2. The van der Waals surface area contributed by atoms with Gasteiger partial charge in [-0.25, -0.2) is 9.97 Å². The molecular weight excluding hydrogens is 318 g/mol. The van der Waals surface area contributed by atoms with Crippen molar-refractivity contribution in [3.05, 3.63) is 54.2 Å². The van der Waals surface area contributed by atoms with E-state index in [-0.39, 0.29) is 0 Å². The first-order valence-corrected chi connectivity index (χ1v) is 7.93. The Bertz CT molecular complexity index is 830. The molecule has 130 valence electrons. The van der Waals surface area contributed by atoms with Crippen LogP contribution in [0.25, 0.3) is 11.5 Å². The Morgan fingerprint density at radius 2 is 2.04 bits per heavy atom. The van der Waals surface area contributed by atoms with E-state index in [1.807, 2.05) is 31.5 Å². The second-order valence-corrected chi connectivity index (χ2v) is 4.89. The summed E-state index contributed by atoms with van der Waals surface area (Å²) in [5.41, 5.74) is 7.22. The lowest BCUT2D eigenvalue weighted by Crippen LogP contribution is -2.12. The molecule has 0 spiro atoms. The van der Waals surface area contributed by atoms with Gasteiger partial charge in [0.2, 0.25) is 5.91 Å². The summed E-state index contributed by atoms with van der Waals surface area (Å²) in [5.74, 6) is 0.941. The van der Waals surface area contributed by atoms with Gasteiger partial charge in [0.05, 0.1) is 6.54 Å². The van der Waals surface area contributed by atoms with Gasteiger partial charge in [0.25, 0.3) is 0 Å². The highest BCUT2D eigenvalue weighted by Gasteiger charge is 2.11. The molecule has 0 atom stereocenters. The lowest BCUT2D eigenvalue weighted by molar-refractivity contribution is 0.100. The molecule has 8 heteroatoms. The zero-order valence-electron chi connectivity index (χ0n) is 14.5. The quantitative estimate of drug-likeness (QED) is 0.735. The Labute approximate surface area is 146 Å².